The molecule has 8 heteroatoms. The summed E-state index contributed by atoms with van der Waals surface area (Å²) in [6.45, 7) is 0. The Morgan fingerprint density at radius 1 is 0.929 bits per heavy atom. The van der Waals surface area contributed by atoms with Crippen LogP contribution in [0.15, 0.2) is 97.2 Å². The molecule has 7 aromatic rings. The van der Waals surface area contributed by atoms with Gasteiger partial charge in [0.25, 0.3) is 0 Å². The molecule has 8 nitrogen and oxygen atoms in total. The summed E-state index contributed by atoms with van der Waals surface area (Å²) in [5, 5.41) is 13.4. The first-order valence-corrected chi connectivity index (χ1v) is 13.4. The average molecular weight is 552 g/mol. The minimum Gasteiger partial charge on any atom is -0.497 e. The molecule has 0 fully saturated rings. The molecule has 0 aliphatic rings. The number of aryl methyl sites for hydroxylation is 1. The molecule has 0 saturated heterocycles. The number of aromatic nitrogens is 4. The SMILES string of the molecule is COc1cccc(Cc2cccc3c2cc(C(=O)c2c[nH]n4c2nc2cc(Oc5cccc(C#N)c5)ccc24)n3C)c1. The Bertz CT molecular complexity index is 2190. The number of fused-ring (bicyclic) bond motifs is 4. The molecule has 3 aromatic heterocycles. The molecule has 0 unspecified atom stereocenters. The summed E-state index contributed by atoms with van der Waals surface area (Å²) in [5.74, 6) is 1.85. The molecule has 4 aromatic carbocycles. The number of aromatic amines is 1. The van der Waals surface area contributed by atoms with Crippen LogP contribution in [-0.2, 0) is 13.5 Å². The highest BCUT2D eigenvalue weighted by molar-refractivity contribution is 6.14. The lowest BCUT2D eigenvalue weighted by Crippen LogP contribution is -2.07. The molecule has 0 saturated carbocycles. The number of rotatable bonds is 7. The number of H-pyrrole nitrogens is 1. The van der Waals surface area contributed by atoms with Crippen molar-refractivity contribution in [2.75, 3.05) is 7.11 Å². The topological polar surface area (TPSA) is 97.3 Å². The van der Waals surface area contributed by atoms with Crippen molar-refractivity contribution in [1.29, 1.82) is 5.26 Å². The van der Waals surface area contributed by atoms with Crippen LogP contribution >= 0.6 is 0 Å². The molecule has 7 rings (SSSR count). The van der Waals surface area contributed by atoms with Crippen molar-refractivity contribution in [3.05, 3.63) is 125 Å². The van der Waals surface area contributed by atoms with E-state index in [1.165, 1.54) is 0 Å². The summed E-state index contributed by atoms with van der Waals surface area (Å²) >= 11 is 0. The van der Waals surface area contributed by atoms with Crippen molar-refractivity contribution >= 4 is 33.4 Å². The first-order valence-electron chi connectivity index (χ1n) is 13.4. The minimum atomic E-state index is -0.118. The zero-order valence-electron chi connectivity index (χ0n) is 23.0. The number of carbonyl (C=O) groups is 1. The molecule has 3 heterocycles. The highest BCUT2D eigenvalue weighted by Gasteiger charge is 2.22. The van der Waals surface area contributed by atoms with Crippen LogP contribution in [0.2, 0.25) is 0 Å². The molecule has 0 spiro atoms. The molecule has 0 aliphatic carbocycles. The van der Waals surface area contributed by atoms with Crippen LogP contribution in [-0.4, -0.2) is 32.1 Å². The maximum absolute atomic E-state index is 13.9. The Kier molecular flexibility index (Phi) is 5.98. The third-order valence-corrected chi connectivity index (χ3v) is 7.59. The minimum absolute atomic E-state index is 0.118. The van der Waals surface area contributed by atoms with Crippen LogP contribution in [0, 0.1) is 11.3 Å². The lowest BCUT2D eigenvalue weighted by molar-refractivity contribution is 0.103. The summed E-state index contributed by atoms with van der Waals surface area (Å²) in [5.41, 5.74) is 6.88. The fourth-order valence-electron chi connectivity index (χ4n) is 5.50. The van der Waals surface area contributed by atoms with E-state index in [0.717, 1.165) is 39.7 Å². The predicted molar refractivity (Wildman–Crippen MR) is 160 cm³/mol. The standard InChI is InChI=1S/C34H25N5O3/c1-38-30-11-5-8-23(14-21-6-3-9-24(15-21)41-2)27(30)18-32(38)33(40)28-20-36-39-31-13-12-26(17-29(31)37-34(28)39)42-25-10-4-7-22(16-25)19-35/h3-13,15-18,20,36H,14H2,1-2H3. The maximum Gasteiger partial charge on any atom is 0.214 e. The van der Waals surface area contributed by atoms with Crippen molar-refractivity contribution in [2.24, 2.45) is 7.05 Å². The van der Waals surface area contributed by atoms with Gasteiger partial charge in [0.2, 0.25) is 5.78 Å². The van der Waals surface area contributed by atoms with E-state index in [4.69, 9.17) is 14.5 Å². The second-order valence-electron chi connectivity index (χ2n) is 10.1. The number of nitriles is 1. The van der Waals surface area contributed by atoms with Gasteiger partial charge in [-0.25, -0.2) is 9.50 Å². The summed E-state index contributed by atoms with van der Waals surface area (Å²) in [6, 6.07) is 30.8. The summed E-state index contributed by atoms with van der Waals surface area (Å²) < 4.78 is 15.1. The second-order valence-corrected chi connectivity index (χ2v) is 10.1. The Labute approximate surface area is 241 Å². The van der Waals surface area contributed by atoms with E-state index in [1.807, 2.05) is 66.2 Å². The Balaban J connectivity index is 1.23. The number of imidazole rings is 1. The molecule has 0 atom stereocenters. The van der Waals surface area contributed by atoms with E-state index >= 15 is 0 Å². The van der Waals surface area contributed by atoms with Crippen LogP contribution < -0.4 is 9.47 Å². The van der Waals surface area contributed by atoms with E-state index in [9.17, 15) is 10.1 Å². The monoisotopic (exact) mass is 551 g/mol. The maximum atomic E-state index is 13.9. The quantitative estimate of drug-likeness (QED) is 0.220. The number of ether oxygens (including phenoxy) is 2. The van der Waals surface area contributed by atoms with Crippen molar-refractivity contribution in [1.82, 2.24) is 19.2 Å². The lowest BCUT2D eigenvalue weighted by Gasteiger charge is -2.07. The van der Waals surface area contributed by atoms with Crippen LogP contribution in [0.1, 0.15) is 32.7 Å². The van der Waals surface area contributed by atoms with Gasteiger partial charge in [-0.3, -0.25) is 9.89 Å². The van der Waals surface area contributed by atoms with Gasteiger partial charge in [-0.05, 0) is 72.1 Å². The average Bonchev–Trinajstić information content (AvgIpc) is 3.69. The molecular formula is C34H25N5O3. The Morgan fingerprint density at radius 3 is 2.60 bits per heavy atom. The van der Waals surface area contributed by atoms with Gasteiger partial charge in [-0.15, -0.1) is 0 Å². The van der Waals surface area contributed by atoms with E-state index in [-0.39, 0.29) is 5.78 Å². The normalized spacial score (nSPS) is 11.3. The predicted octanol–water partition coefficient (Wildman–Crippen LogP) is 6.80. The third-order valence-electron chi connectivity index (χ3n) is 7.59. The van der Waals surface area contributed by atoms with Crippen LogP contribution in [0.4, 0.5) is 0 Å². The van der Waals surface area contributed by atoms with Gasteiger partial charge in [0, 0.05) is 30.2 Å². The lowest BCUT2D eigenvalue weighted by atomic mass is 10.0. The second kappa shape index (κ2) is 9.98. The molecule has 0 radical (unpaired) electrons. The van der Waals surface area contributed by atoms with Gasteiger partial charge in [-0.2, -0.15) is 5.26 Å². The van der Waals surface area contributed by atoms with Crippen molar-refractivity contribution < 1.29 is 14.3 Å². The first-order chi connectivity index (χ1) is 20.5. The molecule has 0 amide bonds. The smallest absolute Gasteiger partial charge is 0.214 e. The fraction of sp³-hybridized carbons (Fsp3) is 0.0882. The Morgan fingerprint density at radius 2 is 1.74 bits per heavy atom. The molecular weight excluding hydrogens is 526 g/mol. The van der Waals surface area contributed by atoms with E-state index in [0.29, 0.717) is 39.5 Å². The van der Waals surface area contributed by atoms with E-state index < -0.39 is 0 Å². The number of nitrogens with zero attached hydrogens (tertiary/aromatic N) is 4. The molecule has 0 aliphatic heterocycles. The molecule has 204 valence electrons. The number of benzene rings is 4. The van der Waals surface area contributed by atoms with Crippen molar-refractivity contribution in [3.63, 3.8) is 0 Å². The fourth-order valence-corrected chi connectivity index (χ4v) is 5.50. The first kappa shape index (κ1) is 25.2. The number of ketones is 1. The van der Waals surface area contributed by atoms with E-state index in [2.05, 4.69) is 23.3 Å². The Hall–Kier alpha value is -5.81. The van der Waals surface area contributed by atoms with Crippen LogP contribution in [0.25, 0.3) is 27.6 Å². The van der Waals surface area contributed by atoms with Crippen LogP contribution in [0.5, 0.6) is 17.2 Å². The number of carbonyl (C=O) groups excluding carboxylic acids is 1. The van der Waals surface area contributed by atoms with E-state index in [1.54, 1.807) is 42.1 Å². The highest BCUT2D eigenvalue weighted by atomic mass is 16.5. The van der Waals surface area contributed by atoms with Crippen molar-refractivity contribution in [2.45, 2.75) is 6.42 Å². The van der Waals surface area contributed by atoms with Gasteiger partial charge >= 0.3 is 0 Å². The number of methoxy groups -OCH3 is 1. The highest BCUT2D eigenvalue weighted by Crippen LogP contribution is 2.30. The van der Waals surface area contributed by atoms with Gasteiger partial charge in [0.15, 0.2) is 5.65 Å². The third kappa shape index (κ3) is 4.25. The van der Waals surface area contributed by atoms with Crippen LogP contribution in [0.3, 0.4) is 0 Å². The number of hydrogen-bond acceptors (Lipinski definition) is 5. The summed E-state index contributed by atoms with van der Waals surface area (Å²) in [4.78, 5) is 18.7. The van der Waals surface area contributed by atoms with Gasteiger partial charge in [0.1, 0.15) is 17.2 Å². The van der Waals surface area contributed by atoms with Gasteiger partial charge in [-0.1, -0.05) is 30.3 Å². The van der Waals surface area contributed by atoms with Crippen molar-refractivity contribution in [3.8, 4) is 23.3 Å². The zero-order valence-corrected chi connectivity index (χ0v) is 23.0. The number of nitrogens with one attached hydrogen (secondary N) is 1. The molecule has 1 N–H and O–H groups in total. The zero-order chi connectivity index (χ0) is 28.8. The van der Waals surface area contributed by atoms with Gasteiger partial charge in [0.05, 0.1) is 41.0 Å². The molecule has 0 bridgehead atoms. The summed E-state index contributed by atoms with van der Waals surface area (Å²) in [7, 11) is 3.58. The largest absolute Gasteiger partial charge is 0.497 e. The van der Waals surface area contributed by atoms with Gasteiger partial charge < -0.3 is 14.0 Å². The summed E-state index contributed by atoms with van der Waals surface area (Å²) in [6.07, 6.45) is 2.42. The number of hydrogen-bond donors (Lipinski definition) is 1. The molecule has 42 heavy (non-hydrogen) atoms.